The van der Waals surface area contributed by atoms with E-state index in [9.17, 15) is 4.79 Å². The molecule has 0 saturated heterocycles. The number of hydrogen-bond acceptors (Lipinski definition) is 3. The summed E-state index contributed by atoms with van der Waals surface area (Å²) in [4.78, 5) is 12.1. The summed E-state index contributed by atoms with van der Waals surface area (Å²) in [5, 5.41) is 9.14. The molecule has 0 atom stereocenters. The van der Waals surface area contributed by atoms with E-state index in [0.717, 1.165) is 5.56 Å². The number of ether oxygens (including phenoxy) is 1. The number of rotatable bonds is 6. The minimum atomic E-state index is -0.846. The lowest BCUT2D eigenvalue weighted by atomic mass is 10.2. The SMILES string of the molecule is Cc1ccc(Cl)c(OCCN(C)CC(=O)O)c1. The van der Waals surface area contributed by atoms with E-state index in [1.807, 2.05) is 19.1 Å². The number of carbonyl (C=O) groups is 1. The van der Waals surface area contributed by atoms with Gasteiger partial charge < -0.3 is 9.84 Å². The molecule has 0 fully saturated rings. The fraction of sp³-hybridized carbons (Fsp3) is 0.417. The molecule has 0 heterocycles. The van der Waals surface area contributed by atoms with Gasteiger partial charge in [-0.15, -0.1) is 0 Å². The van der Waals surface area contributed by atoms with Crippen molar-refractivity contribution in [2.45, 2.75) is 6.92 Å². The third-order valence-electron chi connectivity index (χ3n) is 2.22. The average Bonchev–Trinajstić information content (AvgIpc) is 2.22. The molecule has 0 bridgehead atoms. The van der Waals surface area contributed by atoms with Crippen LogP contribution < -0.4 is 4.74 Å². The Morgan fingerprint density at radius 3 is 2.88 bits per heavy atom. The minimum absolute atomic E-state index is 0.00487. The van der Waals surface area contributed by atoms with E-state index in [2.05, 4.69) is 0 Å². The van der Waals surface area contributed by atoms with Crippen LogP contribution in [0.4, 0.5) is 0 Å². The number of likely N-dealkylation sites (N-methyl/N-ethyl adjacent to an activating group) is 1. The van der Waals surface area contributed by atoms with Crippen molar-refractivity contribution >= 4 is 17.6 Å². The summed E-state index contributed by atoms with van der Waals surface area (Å²) in [7, 11) is 1.73. The summed E-state index contributed by atoms with van der Waals surface area (Å²) >= 11 is 5.96. The van der Waals surface area contributed by atoms with Crippen molar-refractivity contribution in [2.24, 2.45) is 0 Å². The predicted octanol–water partition coefficient (Wildman–Crippen LogP) is 2.04. The number of nitrogens with zero attached hydrogens (tertiary/aromatic N) is 1. The molecule has 0 aromatic heterocycles. The molecule has 5 heteroatoms. The number of halogens is 1. The molecule has 1 aromatic rings. The van der Waals surface area contributed by atoms with Crippen LogP contribution in [0.15, 0.2) is 18.2 Å². The third-order valence-corrected chi connectivity index (χ3v) is 2.53. The number of benzene rings is 1. The molecule has 0 aliphatic carbocycles. The second kappa shape index (κ2) is 6.47. The van der Waals surface area contributed by atoms with Gasteiger partial charge in [-0.25, -0.2) is 0 Å². The van der Waals surface area contributed by atoms with Crippen LogP contribution in [0.1, 0.15) is 5.56 Å². The Balaban J connectivity index is 2.40. The molecule has 0 saturated carbocycles. The summed E-state index contributed by atoms with van der Waals surface area (Å²) in [5.74, 6) is -0.212. The van der Waals surface area contributed by atoms with E-state index in [0.29, 0.717) is 23.9 Å². The molecule has 1 rings (SSSR count). The Kier molecular flexibility index (Phi) is 5.25. The van der Waals surface area contributed by atoms with Gasteiger partial charge in [0.1, 0.15) is 12.4 Å². The van der Waals surface area contributed by atoms with Crippen molar-refractivity contribution in [2.75, 3.05) is 26.7 Å². The van der Waals surface area contributed by atoms with Gasteiger partial charge in [-0.1, -0.05) is 17.7 Å². The number of carboxylic acid groups (broad SMARTS) is 1. The lowest BCUT2D eigenvalue weighted by Crippen LogP contribution is -2.29. The van der Waals surface area contributed by atoms with E-state index in [1.54, 1.807) is 18.0 Å². The van der Waals surface area contributed by atoms with Crippen LogP contribution in [0.3, 0.4) is 0 Å². The first-order valence-corrected chi connectivity index (χ1v) is 5.66. The fourth-order valence-corrected chi connectivity index (χ4v) is 1.51. The van der Waals surface area contributed by atoms with Crippen molar-refractivity contribution in [3.63, 3.8) is 0 Å². The van der Waals surface area contributed by atoms with Crippen molar-refractivity contribution < 1.29 is 14.6 Å². The third kappa shape index (κ3) is 5.06. The lowest BCUT2D eigenvalue weighted by Gasteiger charge is -2.15. The Morgan fingerprint density at radius 1 is 1.53 bits per heavy atom. The van der Waals surface area contributed by atoms with Gasteiger partial charge in [0.05, 0.1) is 11.6 Å². The molecule has 0 aliphatic heterocycles. The van der Waals surface area contributed by atoms with Crippen LogP contribution in [0, 0.1) is 6.92 Å². The molecule has 4 nitrogen and oxygen atoms in total. The van der Waals surface area contributed by atoms with E-state index in [1.165, 1.54) is 0 Å². The topological polar surface area (TPSA) is 49.8 Å². The largest absolute Gasteiger partial charge is 0.491 e. The molecule has 17 heavy (non-hydrogen) atoms. The van der Waals surface area contributed by atoms with Crippen molar-refractivity contribution in [1.82, 2.24) is 4.90 Å². The predicted molar refractivity (Wildman–Crippen MR) is 66.8 cm³/mol. The summed E-state index contributed by atoms with van der Waals surface area (Å²) < 4.78 is 5.50. The summed E-state index contributed by atoms with van der Waals surface area (Å²) in [6.45, 7) is 2.91. The Hall–Kier alpha value is -1.26. The summed E-state index contributed by atoms with van der Waals surface area (Å²) in [6, 6.07) is 5.55. The quantitative estimate of drug-likeness (QED) is 0.847. The molecule has 0 unspecified atom stereocenters. The zero-order valence-electron chi connectivity index (χ0n) is 9.94. The van der Waals surface area contributed by atoms with Gasteiger partial charge >= 0.3 is 5.97 Å². The number of aryl methyl sites for hydroxylation is 1. The van der Waals surface area contributed by atoms with Gasteiger partial charge in [-0.05, 0) is 31.7 Å². The molecule has 94 valence electrons. The normalized spacial score (nSPS) is 10.6. The molecule has 0 amide bonds. The zero-order valence-corrected chi connectivity index (χ0v) is 10.7. The highest BCUT2D eigenvalue weighted by Crippen LogP contribution is 2.24. The van der Waals surface area contributed by atoms with Crippen LogP contribution in [0.2, 0.25) is 5.02 Å². The van der Waals surface area contributed by atoms with Gasteiger partial charge in [0, 0.05) is 6.54 Å². The van der Waals surface area contributed by atoms with Crippen LogP contribution >= 0.6 is 11.6 Å². The van der Waals surface area contributed by atoms with Gasteiger partial charge in [0.2, 0.25) is 0 Å². The van der Waals surface area contributed by atoms with E-state index < -0.39 is 5.97 Å². The molecule has 0 radical (unpaired) electrons. The summed E-state index contributed by atoms with van der Waals surface area (Å²) in [5.41, 5.74) is 1.07. The van der Waals surface area contributed by atoms with Crippen LogP contribution in [-0.4, -0.2) is 42.7 Å². The van der Waals surface area contributed by atoms with E-state index in [4.69, 9.17) is 21.4 Å². The van der Waals surface area contributed by atoms with Gasteiger partial charge in [-0.3, -0.25) is 9.69 Å². The first-order valence-electron chi connectivity index (χ1n) is 5.28. The first-order chi connectivity index (χ1) is 7.99. The minimum Gasteiger partial charge on any atom is -0.491 e. The fourth-order valence-electron chi connectivity index (χ4n) is 1.34. The number of aliphatic carboxylic acids is 1. The maximum absolute atomic E-state index is 10.4. The van der Waals surface area contributed by atoms with E-state index in [-0.39, 0.29) is 6.54 Å². The molecule has 0 aliphatic rings. The second-order valence-electron chi connectivity index (χ2n) is 3.91. The van der Waals surface area contributed by atoms with Gasteiger partial charge in [-0.2, -0.15) is 0 Å². The Labute approximate surface area is 106 Å². The maximum Gasteiger partial charge on any atom is 0.317 e. The highest BCUT2D eigenvalue weighted by atomic mass is 35.5. The molecule has 1 N–H and O–H groups in total. The van der Waals surface area contributed by atoms with Crippen molar-refractivity contribution in [1.29, 1.82) is 0 Å². The maximum atomic E-state index is 10.4. The lowest BCUT2D eigenvalue weighted by molar-refractivity contribution is -0.138. The smallest absolute Gasteiger partial charge is 0.317 e. The first kappa shape index (κ1) is 13.8. The Bertz CT molecular complexity index is 395. The number of hydrogen-bond donors (Lipinski definition) is 1. The highest BCUT2D eigenvalue weighted by molar-refractivity contribution is 6.32. The standard InChI is InChI=1S/C12H16ClNO3/c1-9-3-4-10(13)11(7-9)17-6-5-14(2)8-12(15)16/h3-4,7H,5-6,8H2,1-2H3,(H,15,16). The molecule has 1 aromatic carbocycles. The second-order valence-corrected chi connectivity index (χ2v) is 4.32. The zero-order chi connectivity index (χ0) is 12.8. The van der Waals surface area contributed by atoms with Crippen LogP contribution in [0.25, 0.3) is 0 Å². The van der Waals surface area contributed by atoms with Crippen LogP contribution in [0.5, 0.6) is 5.75 Å². The molecular formula is C12H16ClNO3. The average molecular weight is 258 g/mol. The number of carboxylic acids is 1. The molecular weight excluding hydrogens is 242 g/mol. The highest BCUT2D eigenvalue weighted by Gasteiger charge is 2.05. The Morgan fingerprint density at radius 2 is 2.24 bits per heavy atom. The van der Waals surface area contributed by atoms with Crippen molar-refractivity contribution in [3.05, 3.63) is 28.8 Å². The monoisotopic (exact) mass is 257 g/mol. The van der Waals surface area contributed by atoms with Crippen molar-refractivity contribution in [3.8, 4) is 5.75 Å². The van der Waals surface area contributed by atoms with Gasteiger partial charge in [0.15, 0.2) is 0 Å². The van der Waals surface area contributed by atoms with E-state index >= 15 is 0 Å². The van der Waals surface area contributed by atoms with Crippen LogP contribution in [-0.2, 0) is 4.79 Å². The van der Waals surface area contributed by atoms with Gasteiger partial charge in [0.25, 0.3) is 0 Å². The molecule has 0 spiro atoms. The summed E-state index contributed by atoms with van der Waals surface area (Å²) in [6.07, 6.45) is 0.